The molecule has 0 saturated carbocycles. The predicted molar refractivity (Wildman–Crippen MR) is 93.3 cm³/mol. The highest BCUT2D eigenvalue weighted by molar-refractivity contribution is 7.16. The van der Waals surface area contributed by atoms with E-state index in [1.807, 2.05) is 6.92 Å². The van der Waals surface area contributed by atoms with E-state index in [0.717, 1.165) is 16.1 Å². The summed E-state index contributed by atoms with van der Waals surface area (Å²) in [5.74, 6) is 0.490. The van der Waals surface area contributed by atoms with Gasteiger partial charge in [0, 0.05) is 16.9 Å². The van der Waals surface area contributed by atoms with Gasteiger partial charge in [-0.15, -0.1) is 11.3 Å². The van der Waals surface area contributed by atoms with E-state index in [-0.39, 0.29) is 5.91 Å². The fourth-order valence-electron chi connectivity index (χ4n) is 2.19. The number of benzene rings is 1. The van der Waals surface area contributed by atoms with Crippen LogP contribution in [-0.2, 0) is 4.79 Å². The Balaban J connectivity index is 2.13. The highest BCUT2D eigenvalue weighted by Crippen LogP contribution is 2.31. The van der Waals surface area contributed by atoms with Crippen LogP contribution < -0.4 is 11.1 Å². The standard InChI is InChI=1S/C17H23N3OS/c1-11(2)13-6-8-14(9-7-13)16-12(3)22-17(20-16)19-15(21)5-4-10-18/h6-9,11H,4-5,10,18H2,1-3H3,(H,19,20,21). The SMILES string of the molecule is Cc1sc(NC(=O)CCCN)nc1-c1ccc(C(C)C)cc1. The predicted octanol–water partition coefficient (Wildman–Crippen LogP) is 3.92. The van der Waals surface area contributed by atoms with Crippen LogP contribution in [-0.4, -0.2) is 17.4 Å². The number of nitrogens with two attached hydrogens (primary N) is 1. The quantitative estimate of drug-likeness (QED) is 0.848. The Labute approximate surface area is 135 Å². The lowest BCUT2D eigenvalue weighted by atomic mass is 10.0. The topological polar surface area (TPSA) is 68.0 Å². The van der Waals surface area contributed by atoms with E-state index in [2.05, 4.69) is 48.4 Å². The third-order valence-electron chi connectivity index (χ3n) is 3.50. The van der Waals surface area contributed by atoms with Crippen molar-refractivity contribution in [2.45, 2.75) is 39.5 Å². The number of thiazole rings is 1. The fraction of sp³-hybridized carbons (Fsp3) is 0.412. The smallest absolute Gasteiger partial charge is 0.226 e. The van der Waals surface area contributed by atoms with Crippen LogP contribution in [0.1, 0.15) is 43.0 Å². The van der Waals surface area contributed by atoms with Gasteiger partial charge >= 0.3 is 0 Å². The molecule has 0 bridgehead atoms. The third kappa shape index (κ3) is 4.15. The van der Waals surface area contributed by atoms with Crippen LogP contribution >= 0.6 is 11.3 Å². The number of carbonyl (C=O) groups is 1. The number of hydrogen-bond acceptors (Lipinski definition) is 4. The maximum absolute atomic E-state index is 11.7. The Bertz CT molecular complexity index is 632. The first-order valence-electron chi connectivity index (χ1n) is 7.59. The minimum atomic E-state index is -0.0269. The number of aromatic nitrogens is 1. The molecule has 0 aliphatic carbocycles. The van der Waals surface area contributed by atoms with Crippen molar-refractivity contribution in [3.8, 4) is 11.3 Å². The number of nitrogens with one attached hydrogen (secondary N) is 1. The molecular weight excluding hydrogens is 294 g/mol. The molecule has 0 radical (unpaired) electrons. The minimum Gasteiger partial charge on any atom is -0.330 e. The number of aryl methyl sites for hydroxylation is 1. The summed E-state index contributed by atoms with van der Waals surface area (Å²) < 4.78 is 0. The molecule has 2 rings (SSSR count). The second-order valence-corrected chi connectivity index (χ2v) is 6.84. The number of amides is 1. The summed E-state index contributed by atoms with van der Waals surface area (Å²) in [7, 11) is 0. The van der Waals surface area contributed by atoms with E-state index < -0.39 is 0 Å². The highest BCUT2D eigenvalue weighted by Gasteiger charge is 2.12. The van der Waals surface area contributed by atoms with Gasteiger partial charge in [0.25, 0.3) is 0 Å². The van der Waals surface area contributed by atoms with Crippen molar-refractivity contribution in [1.82, 2.24) is 4.98 Å². The average Bonchev–Trinajstić information content (AvgIpc) is 2.85. The summed E-state index contributed by atoms with van der Waals surface area (Å²) >= 11 is 1.51. The van der Waals surface area contributed by atoms with Crippen molar-refractivity contribution in [2.75, 3.05) is 11.9 Å². The van der Waals surface area contributed by atoms with Gasteiger partial charge < -0.3 is 11.1 Å². The molecule has 1 amide bonds. The van der Waals surface area contributed by atoms with Gasteiger partial charge in [-0.1, -0.05) is 38.1 Å². The molecule has 3 N–H and O–H groups in total. The van der Waals surface area contributed by atoms with Crippen LogP contribution in [0.3, 0.4) is 0 Å². The summed E-state index contributed by atoms with van der Waals surface area (Å²) in [6.45, 7) is 6.91. The van der Waals surface area contributed by atoms with E-state index >= 15 is 0 Å². The van der Waals surface area contributed by atoms with E-state index in [9.17, 15) is 4.79 Å². The molecule has 22 heavy (non-hydrogen) atoms. The van der Waals surface area contributed by atoms with Gasteiger partial charge in [-0.05, 0) is 31.4 Å². The van der Waals surface area contributed by atoms with Gasteiger partial charge in [0.15, 0.2) is 5.13 Å². The van der Waals surface area contributed by atoms with Crippen LogP contribution in [0.15, 0.2) is 24.3 Å². The number of hydrogen-bond donors (Lipinski definition) is 2. The summed E-state index contributed by atoms with van der Waals surface area (Å²) in [4.78, 5) is 17.4. The van der Waals surface area contributed by atoms with Gasteiger partial charge in [-0.3, -0.25) is 4.79 Å². The van der Waals surface area contributed by atoms with Gasteiger partial charge in [-0.2, -0.15) is 0 Å². The molecule has 0 spiro atoms. The normalized spacial score (nSPS) is 11.0. The first kappa shape index (κ1) is 16.6. The zero-order valence-electron chi connectivity index (χ0n) is 13.3. The molecule has 118 valence electrons. The van der Waals surface area contributed by atoms with Gasteiger partial charge in [0.1, 0.15) is 0 Å². The van der Waals surface area contributed by atoms with Crippen LogP contribution in [0, 0.1) is 6.92 Å². The first-order chi connectivity index (χ1) is 10.5. The Morgan fingerprint density at radius 1 is 1.32 bits per heavy atom. The number of nitrogens with zero attached hydrogens (tertiary/aromatic N) is 1. The van der Waals surface area contributed by atoms with Crippen molar-refractivity contribution in [1.29, 1.82) is 0 Å². The zero-order chi connectivity index (χ0) is 16.1. The van der Waals surface area contributed by atoms with Crippen molar-refractivity contribution in [3.63, 3.8) is 0 Å². The summed E-state index contributed by atoms with van der Waals surface area (Å²) in [5, 5.41) is 3.51. The molecule has 1 heterocycles. The number of carbonyl (C=O) groups excluding carboxylic acids is 1. The maximum atomic E-state index is 11.7. The summed E-state index contributed by atoms with van der Waals surface area (Å²) in [5.41, 5.74) is 8.75. The monoisotopic (exact) mass is 317 g/mol. The number of anilines is 1. The van der Waals surface area contributed by atoms with Gasteiger partial charge in [-0.25, -0.2) is 4.98 Å². The summed E-state index contributed by atoms with van der Waals surface area (Å²) in [6.07, 6.45) is 1.13. The molecule has 1 aromatic carbocycles. The van der Waals surface area contributed by atoms with Crippen molar-refractivity contribution in [2.24, 2.45) is 5.73 Å². The third-order valence-corrected chi connectivity index (χ3v) is 4.39. The van der Waals surface area contributed by atoms with Crippen LogP contribution in [0.5, 0.6) is 0 Å². The molecule has 1 aromatic heterocycles. The lowest BCUT2D eigenvalue weighted by molar-refractivity contribution is -0.116. The van der Waals surface area contributed by atoms with Crippen LogP contribution in [0.25, 0.3) is 11.3 Å². The van der Waals surface area contributed by atoms with Gasteiger partial charge in [0.2, 0.25) is 5.91 Å². The highest BCUT2D eigenvalue weighted by atomic mass is 32.1. The Hall–Kier alpha value is -1.72. The maximum Gasteiger partial charge on any atom is 0.226 e. The molecular formula is C17H23N3OS. The Morgan fingerprint density at radius 2 is 2.00 bits per heavy atom. The second kappa shape index (κ2) is 7.51. The molecule has 0 unspecified atom stereocenters. The first-order valence-corrected chi connectivity index (χ1v) is 8.40. The Kier molecular flexibility index (Phi) is 5.69. The average molecular weight is 317 g/mol. The molecule has 0 aliphatic rings. The molecule has 0 atom stereocenters. The zero-order valence-corrected chi connectivity index (χ0v) is 14.2. The molecule has 4 nitrogen and oxygen atoms in total. The van der Waals surface area contributed by atoms with Crippen molar-refractivity contribution in [3.05, 3.63) is 34.7 Å². The molecule has 0 saturated heterocycles. The minimum absolute atomic E-state index is 0.0269. The van der Waals surface area contributed by atoms with Gasteiger partial charge in [0.05, 0.1) is 5.69 Å². The molecule has 0 aliphatic heterocycles. The largest absolute Gasteiger partial charge is 0.330 e. The van der Waals surface area contributed by atoms with Crippen LogP contribution in [0.4, 0.5) is 5.13 Å². The van der Waals surface area contributed by atoms with E-state index in [1.54, 1.807) is 0 Å². The lowest BCUT2D eigenvalue weighted by Crippen LogP contribution is -2.13. The molecule has 5 heteroatoms. The lowest BCUT2D eigenvalue weighted by Gasteiger charge is -2.06. The van der Waals surface area contributed by atoms with Crippen molar-refractivity contribution < 1.29 is 4.79 Å². The van der Waals surface area contributed by atoms with E-state index in [4.69, 9.17) is 5.73 Å². The van der Waals surface area contributed by atoms with E-state index in [1.165, 1.54) is 16.9 Å². The van der Waals surface area contributed by atoms with Crippen molar-refractivity contribution >= 4 is 22.4 Å². The second-order valence-electron chi connectivity index (χ2n) is 5.64. The summed E-state index contributed by atoms with van der Waals surface area (Å²) in [6, 6.07) is 8.46. The molecule has 0 fully saturated rings. The fourth-order valence-corrected chi connectivity index (χ4v) is 3.04. The molecule has 2 aromatic rings. The van der Waals surface area contributed by atoms with Crippen LogP contribution in [0.2, 0.25) is 0 Å². The Morgan fingerprint density at radius 3 is 2.59 bits per heavy atom. The number of rotatable bonds is 6. The van der Waals surface area contributed by atoms with E-state index in [0.29, 0.717) is 30.4 Å².